The zero-order valence-electron chi connectivity index (χ0n) is 26.3. The lowest BCUT2D eigenvalue weighted by Gasteiger charge is -2.36. The molecule has 2 aliphatic heterocycles. The fraction of sp³-hybridized carbons (Fsp3) is 0.333. The Balaban J connectivity index is 1.33. The number of rotatable bonds is 5. The maximum atomic E-state index is 13.7. The highest BCUT2D eigenvalue weighted by Crippen LogP contribution is 2.44. The molecule has 1 atom stereocenters. The van der Waals surface area contributed by atoms with Crippen molar-refractivity contribution in [2.75, 3.05) is 26.2 Å². The predicted octanol–water partition coefficient (Wildman–Crippen LogP) is 4.38. The molecule has 4 aromatic rings. The number of nitrogens with zero attached hydrogens (tertiary/aromatic N) is 4. The Bertz CT molecular complexity index is 2030. The van der Waals surface area contributed by atoms with Crippen LogP contribution in [0.2, 0.25) is 5.02 Å². The number of halogens is 1. The van der Waals surface area contributed by atoms with E-state index in [0.29, 0.717) is 53.6 Å². The van der Waals surface area contributed by atoms with E-state index >= 15 is 0 Å². The second-order valence-corrected chi connectivity index (χ2v) is 14.9. The molecule has 0 spiro atoms. The van der Waals surface area contributed by atoms with Crippen LogP contribution < -0.4 is 10.5 Å². The van der Waals surface area contributed by atoms with Crippen LogP contribution in [0.1, 0.15) is 42.3 Å². The van der Waals surface area contributed by atoms with Gasteiger partial charge < -0.3 is 25.0 Å². The zero-order valence-corrected chi connectivity index (χ0v) is 27.9. The SMILES string of the molecule is Cc1ccc(S(=O)(=O)n2cc(C(N)=O)c3c(-c4cc(Cl)cc5c4OC(C(=O)N4CCN(C(=O)OC(C)(C)C)CC4)C5)ccnc32)cc1. The van der Waals surface area contributed by atoms with Gasteiger partial charge in [-0.1, -0.05) is 29.3 Å². The van der Waals surface area contributed by atoms with Gasteiger partial charge in [0.05, 0.1) is 10.5 Å². The molecule has 2 N–H and O–H groups in total. The summed E-state index contributed by atoms with van der Waals surface area (Å²) in [6.45, 7) is 8.53. The molecule has 14 heteroatoms. The van der Waals surface area contributed by atoms with Gasteiger partial charge in [-0.3, -0.25) is 9.59 Å². The van der Waals surface area contributed by atoms with Crippen molar-refractivity contribution >= 4 is 50.6 Å². The number of nitrogens with two attached hydrogens (primary N) is 1. The molecule has 1 saturated heterocycles. The summed E-state index contributed by atoms with van der Waals surface area (Å²) in [6.07, 6.45) is 1.57. The van der Waals surface area contributed by atoms with E-state index in [1.807, 2.05) is 6.92 Å². The maximum Gasteiger partial charge on any atom is 0.410 e. The molecule has 246 valence electrons. The number of piperazine rings is 1. The first-order valence-electron chi connectivity index (χ1n) is 15.0. The number of primary amides is 1. The Kier molecular flexibility index (Phi) is 8.17. The minimum atomic E-state index is -4.16. The van der Waals surface area contributed by atoms with Gasteiger partial charge in [-0.25, -0.2) is 22.2 Å². The van der Waals surface area contributed by atoms with Gasteiger partial charge in [0.1, 0.15) is 11.4 Å². The molecule has 12 nitrogen and oxygen atoms in total. The van der Waals surface area contributed by atoms with E-state index in [1.54, 1.807) is 60.9 Å². The second kappa shape index (κ2) is 11.9. The molecule has 0 bridgehead atoms. The molecule has 4 heterocycles. The number of hydrogen-bond donors (Lipinski definition) is 1. The van der Waals surface area contributed by atoms with E-state index in [1.165, 1.54) is 24.5 Å². The van der Waals surface area contributed by atoms with E-state index in [2.05, 4.69) is 4.98 Å². The maximum absolute atomic E-state index is 13.7. The number of aromatic nitrogens is 2. The minimum absolute atomic E-state index is 0.000850. The Morgan fingerprint density at radius 1 is 1.00 bits per heavy atom. The smallest absolute Gasteiger partial charge is 0.410 e. The first kappa shape index (κ1) is 32.3. The topological polar surface area (TPSA) is 154 Å². The monoisotopic (exact) mass is 679 g/mol. The molecule has 3 amide bonds. The molecule has 1 unspecified atom stereocenters. The van der Waals surface area contributed by atoms with Crippen LogP contribution in [0, 0.1) is 6.92 Å². The average molecular weight is 680 g/mol. The van der Waals surface area contributed by atoms with Crippen molar-refractivity contribution < 1.29 is 32.3 Å². The number of carbonyl (C=O) groups is 3. The van der Waals surface area contributed by atoms with Gasteiger partial charge in [-0.15, -0.1) is 0 Å². The van der Waals surface area contributed by atoms with Crippen LogP contribution in [0.5, 0.6) is 5.75 Å². The van der Waals surface area contributed by atoms with Gasteiger partial charge in [-0.05, 0) is 63.6 Å². The number of amides is 3. The van der Waals surface area contributed by atoms with Crippen LogP contribution in [-0.2, 0) is 26.0 Å². The number of fused-ring (bicyclic) bond motifs is 2. The second-order valence-electron chi connectivity index (χ2n) is 12.6. The largest absolute Gasteiger partial charge is 0.479 e. The predicted molar refractivity (Wildman–Crippen MR) is 175 cm³/mol. The van der Waals surface area contributed by atoms with Crippen molar-refractivity contribution in [1.82, 2.24) is 18.8 Å². The van der Waals surface area contributed by atoms with E-state index < -0.39 is 33.7 Å². The van der Waals surface area contributed by atoms with E-state index in [9.17, 15) is 22.8 Å². The highest BCUT2D eigenvalue weighted by Gasteiger charge is 2.37. The van der Waals surface area contributed by atoms with Gasteiger partial charge in [0.2, 0.25) is 0 Å². The Labute approximate surface area is 277 Å². The van der Waals surface area contributed by atoms with Crippen molar-refractivity contribution in [3.63, 3.8) is 0 Å². The van der Waals surface area contributed by atoms with Crippen LogP contribution in [-0.4, -0.2) is 83.0 Å². The zero-order chi connectivity index (χ0) is 33.8. The number of pyridine rings is 1. The highest BCUT2D eigenvalue weighted by atomic mass is 35.5. The molecule has 2 aromatic heterocycles. The third-order valence-corrected chi connectivity index (χ3v) is 9.99. The Hall–Kier alpha value is -4.62. The fourth-order valence-corrected chi connectivity index (χ4v) is 7.40. The molecule has 0 radical (unpaired) electrons. The summed E-state index contributed by atoms with van der Waals surface area (Å²) in [7, 11) is -4.16. The lowest BCUT2D eigenvalue weighted by molar-refractivity contribution is -0.139. The van der Waals surface area contributed by atoms with Crippen LogP contribution in [0.4, 0.5) is 4.79 Å². The number of carbonyl (C=O) groups excluding carboxylic acids is 3. The summed E-state index contributed by atoms with van der Waals surface area (Å²) in [5.41, 5.74) is 7.53. The Morgan fingerprint density at radius 2 is 1.66 bits per heavy atom. The number of benzene rings is 2. The van der Waals surface area contributed by atoms with Crippen molar-refractivity contribution in [3.8, 4) is 16.9 Å². The normalized spacial score (nSPS) is 16.6. The third kappa shape index (κ3) is 6.12. The van der Waals surface area contributed by atoms with Crippen LogP contribution >= 0.6 is 11.6 Å². The van der Waals surface area contributed by atoms with Crippen LogP contribution in [0.25, 0.3) is 22.2 Å². The Morgan fingerprint density at radius 3 is 2.30 bits per heavy atom. The summed E-state index contributed by atoms with van der Waals surface area (Å²) in [4.78, 5) is 46.4. The van der Waals surface area contributed by atoms with Crippen molar-refractivity contribution in [2.24, 2.45) is 5.73 Å². The molecular weight excluding hydrogens is 646 g/mol. The molecule has 2 aromatic carbocycles. The van der Waals surface area contributed by atoms with Crippen LogP contribution in [0.15, 0.2) is 59.8 Å². The van der Waals surface area contributed by atoms with E-state index in [0.717, 1.165) is 9.54 Å². The lowest BCUT2D eigenvalue weighted by atomic mass is 9.97. The summed E-state index contributed by atoms with van der Waals surface area (Å²) in [6, 6.07) is 11.3. The minimum Gasteiger partial charge on any atom is -0.479 e. The lowest BCUT2D eigenvalue weighted by Crippen LogP contribution is -2.54. The first-order chi connectivity index (χ1) is 22.1. The van der Waals surface area contributed by atoms with Gasteiger partial charge >= 0.3 is 6.09 Å². The summed E-state index contributed by atoms with van der Waals surface area (Å²) in [5.74, 6) is -0.697. The van der Waals surface area contributed by atoms with Gasteiger partial charge in [0.15, 0.2) is 11.8 Å². The average Bonchev–Trinajstić information content (AvgIpc) is 3.62. The van der Waals surface area contributed by atoms with Crippen LogP contribution in [0.3, 0.4) is 0 Å². The summed E-state index contributed by atoms with van der Waals surface area (Å²) in [5, 5.41) is 0.565. The number of ether oxygens (including phenoxy) is 2. The van der Waals surface area contributed by atoms with Crippen molar-refractivity contribution in [2.45, 2.75) is 50.7 Å². The molecule has 47 heavy (non-hydrogen) atoms. The first-order valence-corrected chi connectivity index (χ1v) is 16.8. The quantitative estimate of drug-likeness (QED) is 0.326. The van der Waals surface area contributed by atoms with E-state index in [-0.39, 0.29) is 33.8 Å². The standard InChI is InChI=1S/C33H34ClN5O7S/c1-19-5-7-22(8-6-19)47(43,44)39-18-25(29(35)40)27-23(9-10-36-30(27)39)24-17-21(34)15-20-16-26(45-28(20)24)31(41)37-11-13-38(14-12-37)32(42)46-33(2,3)4/h5-10,15,17-18,26H,11-14,16H2,1-4H3,(H2,35,40). The fourth-order valence-electron chi connectivity index (χ4n) is 5.85. The number of hydrogen-bond acceptors (Lipinski definition) is 8. The van der Waals surface area contributed by atoms with Gasteiger partial charge in [0.25, 0.3) is 21.8 Å². The molecule has 6 rings (SSSR count). The molecule has 0 aliphatic carbocycles. The third-order valence-electron chi connectivity index (χ3n) is 8.10. The van der Waals surface area contributed by atoms with Crippen molar-refractivity contribution in [1.29, 1.82) is 0 Å². The van der Waals surface area contributed by atoms with E-state index in [4.69, 9.17) is 26.8 Å². The molecule has 1 fully saturated rings. The molecule has 2 aliphatic rings. The summed E-state index contributed by atoms with van der Waals surface area (Å²) >= 11 is 6.56. The molecular formula is C33H34ClN5O7S. The highest BCUT2D eigenvalue weighted by molar-refractivity contribution is 7.90. The van der Waals surface area contributed by atoms with Crippen molar-refractivity contribution in [3.05, 3.63) is 76.6 Å². The molecule has 0 saturated carbocycles. The van der Waals surface area contributed by atoms with Gasteiger partial charge in [0, 0.05) is 66.5 Å². The summed E-state index contributed by atoms with van der Waals surface area (Å²) < 4.78 is 40.2. The number of aryl methyl sites for hydroxylation is 1. The van der Waals surface area contributed by atoms with Gasteiger partial charge in [-0.2, -0.15) is 0 Å².